The number of nitrogens with zero attached hydrogens (tertiary/aromatic N) is 2. The SMILES string of the molecule is CC[C@@H](c1cccc(O)c1)[C@@H](C)CN(C)C.CC[C@@H](c1cccc(OC)c1)[C@@H](C)CN(C)C.[H+]. The second-order valence-electron chi connectivity index (χ2n) is 9.88. The molecule has 0 aromatic heterocycles. The molecule has 0 spiro atoms. The minimum atomic E-state index is 0. The predicted octanol–water partition coefficient (Wildman–Crippen LogP) is 6.58. The lowest BCUT2D eigenvalue weighted by Crippen LogP contribution is -2.24. The fourth-order valence-electron chi connectivity index (χ4n) is 4.97. The molecule has 0 radical (unpaired) electrons. The molecule has 1 N–H and O–H groups in total. The molecule has 4 atom stereocenters. The minimum absolute atomic E-state index is 0. The van der Waals surface area contributed by atoms with Crippen LogP contribution in [0, 0.1) is 11.8 Å². The van der Waals surface area contributed by atoms with Crippen molar-refractivity contribution < 1.29 is 11.3 Å². The number of rotatable bonds is 11. The molecule has 186 valence electrons. The number of phenolic OH excluding ortho intramolecular Hbond substituents is 1. The van der Waals surface area contributed by atoms with Crippen LogP contribution >= 0.6 is 0 Å². The zero-order valence-electron chi connectivity index (χ0n) is 23.5. The molecule has 4 heteroatoms. The van der Waals surface area contributed by atoms with Crippen molar-refractivity contribution in [1.82, 2.24) is 9.80 Å². The van der Waals surface area contributed by atoms with Gasteiger partial charge in [-0.2, -0.15) is 0 Å². The molecular formula is C29H49N2O2+. The van der Waals surface area contributed by atoms with E-state index in [0.29, 0.717) is 29.4 Å². The third kappa shape index (κ3) is 10.2. The molecule has 0 fully saturated rings. The number of aromatic hydroxyl groups is 1. The molecule has 33 heavy (non-hydrogen) atoms. The minimum Gasteiger partial charge on any atom is -0.508 e. The number of hydrogen-bond acceptors (Lipinski definition) is 4. The summed E-state index contributed by atoms with van der Waals surface area (Å²) in [6.07, 6.45) is 2.28. The van der Waals surface area contributed by atoms with Gasteiger partial charge < -0.3 is 19.6 Å². The van der Waals surface area contributed by atoms with Gasteiger partial charge in [-0.25, -0.2) is 0 Å². The largest absolute Gasteiger partial charge is 1.00 e. The Morgan fingerprint density at radius 1 is 0.788 bits per heavy atom. The standard InChI is InChI=1S/C15H25NO.C14H23NO/c1-6-15(12(2)11-16(3)4)13-8-7-9-14(10-13)17-5;1-5-14(11(2)10-15(3)4)12-7-6-8-13(16)9-12/h7-10,12,15H,6,11H2,1-5H3;6-9,11,14,16H,5,10H2,1-4H3/p+1/t12-,15+;11-,14+/m00/s1. The molecule has 0 unspecified atom stereocenters. The summed E-state index contributed by atoms with van der Waals surface area (Å²) in [4.78, 5) is 4.48. The van der Waals surface area contributed by atoms with E-state index in [1.807, 2.05) is 18.2 Å². The fraction of sp³-hybridized carbons (Fsp3) is 0.586. The van der Waals surface area contributed by atoms with E-state index in [0.717, 1.165) is 25.3 Å². The van der Waals surface area contributed by atoms with E-state index in [2.05, 4.69) is 90.0 Å². The third-order valence-corrected chi connectivity index (χ3v) is 6.38. The smallest absolute Gasteiger partial charge is 0.508 e. The Morgan fingerprint density at radius 3 is 1.64 bits per heavy atom. The van der Waals surface area contributed by atoms with Gasteiger partial charge in [0.25, 0.3) is 0 Å². The number of methoxy groups -OCH3 is 1. The Kier molecular flexibility index (Phi) is 13.2. The van der Waals surface area contributed by atoms with Crippen molar-refractivity contribution >= 4 is 0 Å². The lowest BCUT2D eigenvalue weighted by atomic mass is 9.85. The molecule has 0 heterocycles. The van der Waals surface area contributed by atoms with Gasteiger partial charge in [0.1, 0.15) is 11.5 Å². The van der Waals surface area contributed by atoms with Crippen LogP contribution in [0.25, 0.3) is 0 Å². The van der Waals surface area contributed by atoms with Crippen molar-refractivity contribution in [3.63, 3.8) is 0 Å². The quantitative estimate of drug-likeness (QED) is 0.413. The highest BCUT2D eigenvalue weighted by Crippen LogP contribution is 2.31. The highest BCUT2D eigenvalue weighted by molar-refractivity contribution is 5.31. The normalized spacial score (nSPS) is 14.9. The zero-order valence-corrected chi connectivity index (χ0v) is 22.5. The first-order valence-electron chi connectivity index (χ1n) is 12.3. The highest BCUT2D eigenvalue weighted by atomic mass is 16.5. The molecule has 0 aliphatic heterocycles. The van der Waals surface area contributed by atoms with Gasteiger partial charge >= 0.3 is 1.43 Å². The van der Waals surface area contributed by atoms with E-state index < -0.39 is 0 Å². The van der Waals surface area contributed by atoms with Crippen molar-refractivity contribution in [2.45, 2.75) is 52.4 Å². The summed E-state index contributed by atoms with van der Waals surface area (Å²) < 4.78 is 5.30. The van der Waals surface area contributed by atoms with Gasteiger partial charge in [-0.15, -0.1) is 0 Å². The molecule has 0 aliphatic rings. The van der Waals surface area contributed by atoms with Crippen LogP contribution in [0.1, 0.15) is 64.9 Å². The summed E-state index contributed by atoms with van der Waals surface area (Å²) in [5, 5.41) is 9.51. The van der Waals surface area contributed by atoms with Crippen LogP contribution in [0.2, 0.25) is 0 Å². The number of benzene rings is 2. The molecule has 2 aromatic carbocycles. The predicted molar refractivity (Wildman–Crippen MR) is 144 cm³/mol. The Bertz CT molecular complexity index is 797. The average Bonchev–Trinajstić information content (AvgIpc) is 2.74. The Balaban J connectivity index is 0.000000623. The van der Waals surface area contributed by atoms with Crippen molar-refractivity contribution in [1.29, 1.82) is 0 Å². The van der Waals surface area contributed by atoms with Gasteiger partial charge in [-0.05, 0) is 100 Å². The van der Waals surface area contributed by atoms with Crippen molar-refractivity contribution in [2.75, 3.05) is 48.4 Å². The van der Waals surface area contributed by atoms with Crippen LogP contribution in [0.4, 0.5) is 0 Å². The summed E-state index contributed by atoms with van der Waals surface area (Å²) in [5.74, 6) is 3.71. The molecule has 0 saturated carbocycles. The second kappa shape index (κ2) is 15.0. The van der Waals surface area contributed by atoms with E-state index >= 15 is 0 Å². The van der Waals surface area contributed by atoms with Gasteiger partial charge in [0.2, 0.25) is 0 Å². The first kappa shape index (κ1) is 29.0. The fourth-order valence-corrected chi connectivity index (χ4v) is 4.97. The van der Waals surface area contributed by atoms with E-state index in [4.69, 9.17) is 4.74 Å². The maximum absolute atomic E-state index is 9.51. The maximum atomic E-state index is 9.51. The van der Waals surface area contributed by atoms with Crippen molar-refractivity contribution in [3.05, 3.63) is 59.7 Å². The molecule has 2 rings (SSSR count). The molecule has 0 amide bonds. The number of hydrogen-bond donors (Lipinski definition) is 1. The van der Waals surface area contributed by atoms with E-state index in [-0.39, 0.29) is 1.43 Å². The summed E-state index contributed by atoms with van der Waals surface area (Å²) in [7, 11) is 10.2. The Morgan fingerprint density at radius 2 is 1.24 bits per heavy atom. The van der Waals surface area contributed by atoms with E-state index in [1.165, 1.54) is 17.5 Å². The topological polar surface area (TPSA) is 35.9 Å². The molecule has 2 aromatic rings. The maximum Gasteiger partial charge on any atom is 1.00 e. The molecular weight excluding hydrogens is 408 g/mol. The highest BCUT2D eigenvalue weighted by Gasteiger charge is 2.19. The second-order valence-corrected chi connectivity index (χ2v) is 9.88. The van der Waals surface area contributed by atoms with Crippen LogP contribution in [-0.4, -0.2) is 63.3 Å². The van der Waals surface area contributed by atoms with Gasteiger partial charge in [-0.3, -0.25) is 0 Å². The van der Waals surface area contributed by atoms with Gasteiger partial charge in [0.05, 0.1) is 7.11 Å². The van der Waals surface area contributed by atoms with E-state index in [9.17, 15) is 5.11 Å². The van der Waals surface area contributed by atoms with Gasteiger partial charge in [-0.1, -0.05) is 52.0 Å². The van der Waals surface area contributed by atoms with Crippen LogP contribution in [0.5, 0.6) is 11.5 Å². The van der Waals surface area contributed by atoms with Crippen molar-refractivity contribution in [3.8, 4) is 11.5 Å². The number of ether oxygens (including phenoxy) is 1. The monoisotopic (exact) mass is 457 g/mol. The van der Waals surface area contributed by atoms with Crippen LogP contribution < -0.4 is 4.74 Å². The first-order valence-corrected chi connectivity index (χ1v) is 12.3. The lowest BCUT2D eigenvalue weighted by molar-refractivity contribution is 0.301. The van der Waals surface area contributed by atoms with E-state index in [1.54, 1.807) is 13.2 Å². The van der Waals surface area contributed by atoms with Crippen LogP contribution in [-0.2, 0) is 0 Å². The zero-order chi connectivity index (χ0) is 25.0. The first-order chi connectivity index (χ1) is 15.6. The lowest BCUT2D eigenvalue weighted by Gasteiger charge is -2.26. The Hall–Kier alpha value is -2.04. The summed E-state index contributed by atoms with van der Waals surface area (Å²) in [6, 6.07) is 16.1. The average molecular weight is 458 g/mol. The Labute approximate surface area is 205 Å². The molecule has 0 aliphatic carbocycles. The van der Waals surface area contributed by atoms with Crippen LogP contribution in [0.3, 0.4) is 0 Å². The van der Waals surface area contributed by atoms with Crippen LogP contribution in [0.15, 0.2) is 48.5 Å². The molecule has 0 saturated heterocycles. The van der Waals surface area contributed by atoms with Gasteiger partial charge in [0, 0.05) is 13.1 Å². The summed E-state index contributed by atoms with van der Waals surface area (Å²) in [5.41, 5.74) is 2.64. The number of phenols is 1. The third-order valence-electron chi connectivity index (χ3n) is 6.38. The molecule has 0 bridgehead atoms. The van der Waals surface area contributed by atoms with Gasteiger partial charge in [0.15, 0.2) is 0 Å². The van der Waals surface area contributed by atoms with Crippen molar-refractivity contribution in [2.24, 2.45) is 11.8 Å². The summed E-state index contributed by atoms with van der Waals surface area (Å²) >= 11 is 0. The summed E-state index contributed by atoms with van der Waals surface area (Å²) in [6.45, 7) is 11.3. The molecule has 4 nitrogen and oxygen atoms in total.